The van der Waals surface area contributed by atoms with Crippen LogP contribution >= 0.6 is 0 Å². The number of benzene rings is 2. The van der Waals surface area contributed by atoms with Gasteiger partial charge in [0.15, 0.2) is 0 Å². The van der Waals surface area contributed by atoms with Gasteiger partial charge in [-0.25, -0.2) is 0 Å². The Morgan fingerprint density at radius 3 is 2.42 bits per heavy atom. The Morgan fingerprint density at radius 2 is 1.67 bits per heavy atom. The molecule has 3 heteroatoms. The van der Waals surface area contributed by atoms with E-state index in [-0.39, 0.29) is 0 Å². The van der Waals surface area contributed by atoms with Gasteiger partial charge in [-0.1, -0.05) is 60.7 Å². The minimum atomic E-state index is 0.565. The predicted octanol–water partition coefficient (Wildman–Crippen LogP) is 3.99. The normalized spacial score (nSPS) is 18.1. The lowest BCUT2D eigenvalue weighted by Crippen LogP contribution is -2.20. The van der Waals surface area contributed by atoms with E-state index in [9.17, 15) is 0 Å². The van der Waals surface area contributed by atoms with Crippen LogP contribution in [0.5, 0.6) is 0 Å². The highest BCUT2D eigenvalue weighted by Gasteiger charge is 2.26. The van der Waals surface area contributed by atoms with Crippen molar-refractivity contribution < 1.29 is 0 Å². The Labute approximate surface area is 143 Å². The molecule has 0 aliphatic carbocycles. The maximum atomic E-state index is 4.33. The Hall–Kier alpha value is -2.39. The van der Waals surface area contributed by atoms with Crippen LogP contribution < -0.4 is 0 Å². The van der Waals surface area contributed by atoms with Gasteiger partial charge < -0.3 is 0 Å². The molecule has 2 heterocycles. The van der Waals surface area contributed by atoms with Gasteiger partial charge in [0.25, 0.3) is 0 Å². The van der Waals surface area contributed by atoms with E-state index in [2.05, 4.69) is 75.8 Å². The molecule has 1 atom stereocenters. The number of hydrogen-bond donors (Lipinski definition) is 1. The summed E-state index contributed by atoms with van der Waals surface area (Å²) in [4.78, 5) is 2.55. The van der Waals surface area contributed by atoms with Crippen LogP contribution in [0.15, 0.2) is 66.9 Å². The van der Waals surface area contributed by atoms with Gasteiger partial charge in [-0.3, -0.25) is 10.00 Å². The van der Waals surface area contributed by atoms with Gasteiger partial charge in [-0.05, 0) is 29.7 Å². The number of hydrogen-bond acceptors (Lipinski definition) is 2. The molecule has 1 N–H and O–H groups in total. The number of rotatable bonds is 5. The van der Waals surface area contributed by atoms with Crippen LogP contribution in [-0.2, 0) is 13.0 Å². The van der Waals surface area contributed by atoms with E-state index in [1.165, 1.54) is 28.8 Å². The molecule has 0 radical (unpaired) electrons. The van der Waals surface area contributed by atoms with Crippen LogP contribution in [0.3, 0.4) is 0 Å². The lowest BCUT2D eigenvalue weighted by molar-refractivity contribution is 0.326. The standard InChI is InChI=1S/C21H23N3/c1-3-7-17(8-4-1)13-20-14-22-23-21(20)19-11-12-24(16-19)15-18-9-5-2-6-10-18/h1-10,14,19H,11-13,15-16H2,(H,22,23). The molecule has 3 nitrogen and oxygen atoms in total. The van der Waals surface area contributed by atoms with E-state index < -0.39 is 0 Å². The summed E-state index contributed by atoms with van der Waals surface area (Å²) in [5.74, 6) is 0.565. The molecule has 3 aromatic rings. The SMILES string of the molecule is c1ccc(Cc2cn[nH]c2C2CCN(Cc3ccccc3)C2)cc1. The maximum Gasteiger partial charge on any atom is 0.0525 e. The van der Waals surface area contributed by atoms with Crippen molar-refractivity contribution >= 4 is 0 Å². The number of aromatic nitrogens is 2. The molecule has 1 saturated heterocycles. The smallest absolute Gasteiger partial charge is 0.0525 e. The third kappa shape index (κ3) is 3.41. The molecule has 4 rings (SSSR count). The van der Waals surface area contributed by atoms with Gasteiger partial charge in [0.05, 0.1) is 6.20 Å². The third-order valence-corrected chi connectivity index (χ3v) is 4.92. The van der Waals surface area contributed by atoms with Crippen molar-refractivity contribution in [3.63, 3.8) is 0 Å². The first kappa shape index (κ1) is 15.2. The van der Waals surface area contributed by atoms with Crippen molar-refractivity contribution in [2.45, 2.75) is 25.3 Å². The van der Waals surface area contributed by atoms with Crippen LogP contribution in [0.1, 0.15) is 34.7 Å². The van der Waals surface area contributed by atoms with Crippen molar-refractivity contribution in [2.24, 2.45) is 0 Å². The van der Waals surface area contributed by atoms with Gasteiger partial charge in [0, 0.05) is 31.1 Å². The summed E-state index contributed by atoms with van der Waals surface area (Å²) < 4.78 is 0. The summed E-state index contributed by atoms with van der Waals surface area (Å²) in [6, 6.07) is 21.4. The molecule has 24 heavy (non-hydrogen) atoms. The zero-order valence-corrected chi connectivity index (χ0v) is 13.9. The molecule has 0 amide bonds. The lowest BCUT2D eigenvalue weighted by Gasteiger charge is -2.16. The van der Waals surface area contributed by atoms with E-state index >= 15 is 0 Å². The number of nitrogens with one attached hydrogen (secondary N) is 1. The van der Waals surface area contributed by atoms with Crippen LogP contribution in [0, 0.1) is 0 Å². The number of aromatic amines is 1. The minimum absolute atomic E-state index is 0.565. The van der Waals surface area contributed by atoms with Crippen molar-refractivity contribution in [3.05, 3.63) is 89.2 Å². The summed E-state index contributed by atoms with van der Waals surface area (Å²) >= 11 is 0. The van der Waals surface area contributed by atoms with E-state index in [1.807, 2.05) is 6.20 Å². The average Bonchev–Trinajstić information content (AvgIpc) is 3.26. The number of likely N-dealkylation sites (tertiary alicyclic amines) is 1. The van der Waals surface area contributed by atoms with Gasteiger partial charge in [0.1, 0.15) is 0 Å². The Bertz CT molecular complexity index is 764. The zero-order valence-electron chi connectivity index (χ0n) is 13.9. The van der Waals surface area contributed by atoms with E-state index in [0.717, 1.165) is 26.1 Å². The molecular weight excluding hydrogens is 294 g/mol. The fourth-order valence-corrected chi connectivity index (χ4v) is 3.68. The molecule has 0 bridgehead atoms. The van der Waals surface area contributed by atoms with Gasteiger partial charge >= 0.3 is 0 Å². The fraction of sp³-hybridized carbons (Fsp3) is 0.286. The summed E-state index contributed by atoms with van der Waals surface area (Å²) in [6.07, 6.45) is 4.17. The summed E-state index contributed by atoms with van der Waals surface area (Å²) in [7, 11) is 0. The van der Waals surface area contributed by atoms with Crippen molar-refractivity contribution in [2.75, 3.05) is 13.1 Å². The van der Waals surface area contributed by atoms with E-state index in [1.54, 1.807) is 0 Å². The first-order valence-corrected chi connectivity index (χ1v) is 8.71. The fourth-order valence-electron chi connectivity index (χ4n) is 3.68. The van der Waals surface area contributed by atoms with Crippen molar-refractivity contribution in [3.8, 4) is 0 Å². The van der Waals surface area contributed by atoms with E-state index in [0.29, 0.717) is 5.92 Å². The topological polar surface area (TPSA) is 31.9 Å². The van der Waals surface area contributed by atoms with Crippen LogP contribution in [0.4, 0.5) is 0 Å². The molecular formula is C21H23N3. The molecule has 1 fully saturated rings. The highest BCUT2D eigenvalue weighted by Crippen LogP contribution is 2.29. The quantitative estimate of drug-likeness (QED) is 0.771. The first-order valence-electron chi connectivity index (χ1n) is 8.71. The Balaban J connectivity index is 1.43. The molecule has 1 aromatic heterocycles. The zero-order chi connectivity index (χ0) is 16.2. The van der Waals surface area contributed by atoms with Crippen LogP contribution in [0.25, 0.3) is 0 Å². The molecule has 0 spiro atoms. The van der Waals surface area contributed by atoms with Crippen molar-refractivity contribution in [1.82, 2.24) is 15.1 Å². The Kier molecular flexibility index (Phi) is 4.43. The van der Waals surface area contributed by atoms with Crippen molar-refractivity contribution in [1.29, 1.82) is 0 Å². The largest absolute Gasteiger partial charge is 0.298 e. The monoisotopic (exact) mass is 317 g/mol. The molecule has 0 saturated carbocycles. The molecule has 1 aliphatic heterocycles. The minimum Gasteiger partial charge on any atom is -0.298 e. The summed E-state index contributed by atoms with van der Waals surface area (Å²) in [5, 5.41) is 7.60. The molecule has 1 unspecified atom stereocenters. The first-order chi connectivity index (χ1) is 11.9. The number of nitrogens with zero attached hydrogens (tertiary/aromatic N) is 2. The van der Waals surface area contributed by atoms with Gasteiger partial charge in [0.2, 0.25) is 0 Å². The van der Waals surface area contributed by atoms with Crippen LogP contribution in [-0.4, -0.2) is 28.2 Å². The summed E-state index contributed by atoms with van der Waals surface area (Å²) in [6.45, 7) is 3.31. The molecule has 1 aliphatic rings. The van der Waals surface area contributed by atoms with Crippen LogP contribution in [0.2, 0.25) is 0 Å². The maximum absolute atomic E-state index is 4.33. The highest BCUT2D eigenvalue weighted by molar-refractivity contribution is 5.29. The average molecular weight is 317 g/mol. The lowest BCUT2D eigenvalue weighted by atomic mass is 9.97. The van der Waals surface area contributed by atoms with Gasteiger partial charge in [-0.15, -0.1) is 0 Å². The van der Waals surface area contributed by atoms with Gasteiger partial charge in [-0.2, -0.15) is 5.10 Å². The highest BCUT2D eigenvalue weighted by atomic mass is 15.2. The molecule has 2 aromatic carbocycles. The third-order valence-electron chi connectivity index (χ3n) is 4.92. The van der Waals surface area contributed by atoms with E-state index in [4.69, 9.17) is 0 Å². The Morgan fingerprint density at radius 1 is 0.958 bits per heavy atom. The molecule has 122 valence electrons. The second-order valence-electron chi connectivity index (χ2n) is 6.68. The number of H-pyrrole nitrogens is 1. The predicted molar refractivity (Wildman–Crippen MR) is 96.9 cm³/mol. The second-order valence-corrected chi connectivity index (χ2v) is 6.68. The summed E-state index contributed by atoms with van der Waals surface area (Å²) in [5.41, 5.74) is 5.41. The second kappa shape index (κ2) is 7.02.